The van der Waals surface area contributed by atoms with Crippen LogP contribution in [-0.2, 0) is 17.8 Å². The number of hydrogen-bond acceptors (Lipinski definition) is 2. The summed E-state index contributed by atoms with van der Waals surface area (Å²) in [6.45, 7) is 7.19. The van der Waals surface area contributed by atoms with Gasteiger partial charge >= 0.3 is 0 Å². The molecule has 0 aliphatic heterocycles. The summed E-state index contributed by atoms with van der Waals surface area (Å²) >= 11 is 0. The molecule has 0 aliphatic carbocycles. The van der Waals surface area contributed by atoms with E-state index in [1.807, 2.05) is 18.2 Å². The first-order valence-electron chi connectivity index (χ1n) is 7.10. The smallest absolute Gasteiger partial charge is 0.243 e. The van der Waals surface area contributed by atoms with Gasteiger partial charge in [0.1, 0.15) is 5.82 Å². The average molecular weight is 271 g/mol. The van der Waals surface area contributed by atoms with Crippen LogP contribution in [-0.4, -0.2) is 22.0 Å². The minimum Gasteiger partial charge on any atom is -0.352 e. The summed E-state index contributed by atoms with van der Waals surface area (Å²) in [4.78, 5) is 15.8. The van der Waals surface area contributed by atoms with Crippen molar-refractivity contribution < 1.29 is 4.79 Å². The Bertz CT molecular complexity index is 601. The summed E-state index contributed by atoms with van der Waals surface area (Å²) in [5.41, 5.74) is 2.19. The SMILES string of the molecule is C=CC(=O)NCCc1nc2ccccc2n1CCCC. The molecule has 106 valence electrons. The maximum Gasteiger partial charge on any atom is 0.243 e. The highest BCUT2D eigenvalue weighted by molar-refractivity contribution is 5.86. The molecular formula is C16H21N3O. The summed E-state index contributed by atoms with van der Waals surface area (Å²) in [6, 6.07) is 8.17. The molecule has 1 amide bonds. The minimum absolute atomic E-state index is 0.138. The first-order valence-corrected chi connectivity index (χ1v) is 7.10. The molecule has 2 rings (SSSR count). The number of aromatic nitrogens is 2. The summed E-state index contributed by atoms with van der Waals surface area (Å²) in [5, 5.41) is 2.80. The first kappa shape index (κ1) is 14.3. The van der Waals surface area contributed by atoms with E-state index in [0.717, 1.165) is 37.1 Å². The fraction of sp³-hybridized carbons (Fsp3) is 0.375. The standard InChI is InChI=1S/C16H21N3O/c1-3-5-12-19-14-9-7-6-8-13(14)18-15(19)10-11-17-16(20)4-2/h4,6-9H,2-3,5,10-12H2,1H3,(H,17,20). The van der Waals surface area contributed by atoms with Crippen LogP contribution in [0.2, 0.25) is 0 Å². The molecule has 0 saturated heterocycles. The number of nitrogens with one attached hydrogen (secondary N) is 1. The third-order valence-corrected chi connectivity index (χ3v) is 3.30. The maximum atomic E-state index is 11.2. The molecule has 4 heteroatoms. The van der Waals surface area contributed by atoms with E-state index in [-0.39, 0.29) is 5.91 Å². The number of amides is 1. The Kier molecular flexibility index (Phi) is 4.93. The number of benzene rings is 1. The lowest BCUT2D eigenvalue weighted by molar-refractivity contribution is -0.116. The Balaban J connectivity index is 2.17. The van der Waals surface area contributed by atoms with Crippen LogP contribution in [0.4, 0.5) is 0 Å². The molecule has 0 spiro atoms. The third-order valence-electron chi connectivity index (χ3n) is 3.30. The number of aryl methyl sites for hydroxylation is 1. The maximum absolute atomic E-state index is 11.2. The quantitative estimate of drug-likeness (QED) is 0.787. The number of nitrogens with zero attached hydrogens (tertiary/aromatic N) is 2. The molecule has 20 heavy (non-hydrogen) atoms. The van der Waals surface area contributed by atoms with Crippen molar-refractivity contribution in [1.29, 1.82) is 0 Å². The van der Waals surface area contributed by atoms with Gasteiger partial charge in [0.2, 0.25) is 5.91 Å². The van der Waals surface area contributed by atoms with E-state index >= 15 is 0 Å². The Morgan fingerprint density at radius 1 is 1.45 bits per heavy atom. The Hall–Kier alpha value is -2.10. The number of carbonyl (C=O) groups is 1. The van der Waals surface area contributed by atoms with Gasteiger partial charge in [-0.2, -0.15) is 0 Å². The number of fused-ring (bicyclic) bond motifs is 1. The zero-order chi connectivity index (χ0) is 14.4. The van der Waals surface area contributed by atoms with E-state index in [1.54, 1.807) is 0 Å². The van der Waals surface area contributed by atoms with E-state index in [4.69, 9.17) is 0 Å². The number of hydrogen-bond donors (Lipinski definition) is 1. The van der Waals surface area contributed by atoms with E-state index in [9.17, 15) is 4.79 Å². The summed E-state index contributed by atoms with van der Waals surface area (Å²) < 4.78 is 2.26. The summed E-state index contributed by atoms with van der Waals surface area (Å²) in [5.74, 6) is 0.894. The third kappa shape index (κ3) is 3.26. The highest BCUT2D eigenvalue weighted by Crippen LogP contribution is 2.17. The zero-order valence-electron chi connectivity index (χ0n) is 11.9. The van der Waals surface area contributed by atoms with Crippen LogP contribution >= 0.6 is 0 Å². The lowest BCUT2D eigenvalue weighted by atomic mass is 10.3. The molecule has 1 heterocycles. The Morgan fingerprint density at radius 2 is 2.25 bits per heavy atom. The van der Waals surface area contributed by atoms with Gasteiger partial charge in [-0.1, -0.05) is 32.1 Å². The number of rotatable bonds is 7. The van der Waals surface area contributed by atoms with Crippen molar-refractivity contribution in [3.63, 3.8) is 0 Å². The minimum atomic E-state index is -0.138. The van der Waals surface area contributed by atoms with E-state index < -0.39 is 0 Å². The fourth-order valence-corrected chi connectivity index (χ4v) is 2.25. The molecule has 1 aromatic carbocycles. The van der Waals surface area contributed by atoms with Gasteiger partial charge in [-0.3, -0.25) is 4.79 Å². The topological polar surface area (TPSA) is 46.9 Å². The number of carbonyl (C=O) groups excluding carboxylic acids is 1. The molecule has 0 fully saturated rings. The summed E-state index contributed by atoms with van der Waals surface area (Å²) in [6.07, 6.45) is 4.31. The second kappa shape index (κ2) is 6.89. The Labute approximate surface area is 119 Å². The van der Waals surface area contributed by atoms with Crippen LogP contribution in [0.5, 0.6) is 0 Å². The second-order valence-electron chi connectivity index (χ2n) is 4.77. The van der Waals surface area contributed by atoms with E-state index in [2.05, 4.69) is 34.4 Å². The molecule has 0 unspecified atom stereocenters. The molecule has 1 N–H and O–H groups in total. The molecule has 0 aliphatic rings. The van der Waals surface area contributed by atoms with Gasteiger partial charge in [-0.25, -0.2) is 4.98 Å². The van der Waals surface area contributed by atoms with Crippen molar-refractivity contribution in [3.05, 3.63) is 42.7 Å². The van der Waals surface area contributed by atoms with E-state index in [1.165, 1.54) is 11.6 Å². The largest absolute Gasteiger partial charge is 0.352 e. The Morgan fingerprint density at radius 3 is 3.00 bits per heavy atom. The molecule has 4 nitrogen and oxygen atoms in total. The average Bonchev–Trinajstić information content (AvgIpc) is 2.82. The van der Waals surface area contributed by atoms with Crippen LogP contribution in [0.1, 0.15) is 25.6 Å². The van der Waals surface area contributed by atoms with E-state index in [0.29, 0.717) is 6.54 Å². The van der Waals surface area contributed by atoms with Gasteiger partial charge in [-0.15, -0.1) is 0 Å². The van der Waals surface area contributed by atoms with Crippen LogP contribution in [0.3, 0.4) is 0 Å². The molecule has 1 aromatic heterocycles. The predicted octanol–water partition coefficient (Wildman–Crippen LogP) is 2.68. The fourth-order valence-electron chi connectivity index (χ4n) is 2.25. The normalized spacial score (nSPS) is 10.7. The lowest BCUT2D eigenvalue weighted by Crippen LogP contribution is -2.24. The molecule has 2 aromatic rings. The van der Waals surface area contributed by atoms with Gasteiger partial charge in [0, 0.05) is 19.5 Å². The number of unbranched alkanes of at least 4 members (excludes halogenated alkanes) is 1. The van der Waals surface area contributed by atoms with Gasteiger partial charge in [0.05, 0.1) is 11.0 Å². The summed E-state index contributed by atoms with van der Waals surface area (Å²) in [7, 11) is 0. The molecular weight excluding hydrogens is 250 g/mol. The molecule has 0 saturated carbocycles. The highest BCUT2D eigenvalue weighted by atomic mass is 16.1. The van der Waals surface area contributed by atoms with Crippen molar-refractivity contribution in [2.75, 3.05) is 6.54 Å². The van der Waals surface area contributed by atoms with Crippen molar-refractivity contribution >= 4 is 16.9 Å². The highest BCUT2D eigenvalue weighted by Gasteiger charge is 2.09. The van der Waals surface area contributed by atoms with Crippen LogP contribution < -0.4 is 5.32 Å². The van der Waals surface area contributed by atoms with Crippen molar-refractivity contribution in [2.24, 2.45) is 0 Å². The zero-order valence-corrected chi connectivity index (χ0v) is 11.9. The number of para-hydroxylation sites is 2. The second-order valence-corrected chi connectivity index (χ2v) is 4.77. The van der Waals surface area contributed by atoms with Gasteiger partial charge < -0.3 is 9.88 Å². The van der Waals surface area contributed by atoms with Crippen molar-refractivity contribution in [2.45, 2.75) is 32.7 Å². The van der Waals surface area contributed by atoms with Crippen LogP contribution in [0.15, 0.2) is 36.9 Å². The monoisotopic (exact) mass is 271 g/mol. The van der Waals surface area contributed by atoms with Crippen LogP contribution in [0, 0.1) is 0 Å². The van der Waals surface area contributed by atoms with Gasteiger partial charge in [0.15, 0.2) is 0 Å². The lowest BCUT2D eigenvalue weighted by Gasteiger charge is -2.08. The van der Waals surface area contributed by atoms with Gasteiger partial charge in [-0.05, 0) is 24.6 Å². The van der Waals surface area contributed by atoms with Crippen molar-refractivity contribution in [3.8, 4) is 0 Å². The van der Waals surface area contributed by atoms with Crippen molar-refractivity contribution in [1.82, 2.24) is 14.9 Å². The van der Waals surface area contributed by atoms with Crippen LogP contribution in [0.25, 0.3) is 11.0 Å². The molecule has 0 atom stereocenters. The predicted molar refractivity (Wildman–Crippen MR) is 81.6 cm³/mol. The van der Waals surface area contributed by atoms with Gasteiger partial charge in [0.25, 0.3) is 0 Å². The molecule has 0 radical (unpaired) electrons. The number of imidazole rings is 1. The first-order chi connectivity index (χ1) is 9.76. The molecule has 0 bridgehead atoms.